The number of nitrogens with one attached hydrogen (secondary N) is 1. The maximum Gasteiger partial charge on any atom is 0.250 e. The van der Waals surface area contributed by atoms with Gasteiger partial charge in [-0.1, -0.05) is 23.7 Å². The van der Waals surface area contributed by atoms with Crippen molar-refractivity contribution in [2.45, 2.75) is 19.4 Å². The molecule has 32 heavy (non-hydrogen) atoms. The normalized spacial score (nSPS) is 14.6. The van der Waals surface area contributed by atoms with E-state index < -0.39 is 6.04 Å². The second-order valence-corrected chi connectivity index (χ2v) is 8.10. The molecule has 7 heteroatoms. The van der Waals surface area contributed by atoms with Crippen LogP contribution in [-0.2, 0) is 11.8 Å². The number of rotatable bonds is 5. The predicted molar refractivity (Wildman–Crippen MR) is 127 cm³/mol. The van der Waals surface area contributed by atoms with Gasteiger partial charge in [0.25, 0.3) is 5.56 Å². The van der Waals surface area contributed by atoms with Gasteiger partial charge >= 0.3 is 0 Å². The average Bonchev–Trinajstić information content (AvgIpc) is 2.90. The van der Waals surface area contributed by atoms with Crippen LogP contribution in [0.15, 0.2) is 64.5 Å². The maximum absolute atomic E-state index is 12.5. The number of halogens is 1. The molecule has 1 amide bonds. The summed E-state index contributed by atoms with van der Waals surface area (Å²) in [7, 11) is 3.34. The van der Waals surface area contributed by atoms with Gasteiger partial charge in [-0.25, -0.2) is 0 Å². The lowest BCUT2D eigenvalue weighted by molar-refractivity contribution is -0.121. The monoisotopic (exact) mass is 449 g/mol. The highest BCUT2D eigenvalue weighted by molar-refractivity contribution is 6.30. The summed E-state index contributed by atoms with van der Waals surface area (Å²) >= 11 is 6.12. The van der Waals surface area contributed by atoms with Crippen LogP contribution in [0, 0.1) is 0 Å². The van der Waals surface area contributed by atoms with Crippen LogP contribution >= 0.6 is 11.6 Å². The fraction of sp³-hybridized carbons (Fsp3) is 0.240. The van der Waals surface area contributed by atoms with Gasteiger partial charge < -0.3 is 14.6 Å². The van der Waals surface area contributed by atoms with E-state index >= 15 is 0 Å². The summed E-state index contributed by atoms with van der Waals surface area (Å²) in [5.74, 6) is 0.575. The minimum absolute atomic E-state index is 0.119. The summed E-state index contributed by atoms with van der Waals surface area (Å²) in [5.41, 5.74) is 4.82. The number of aromatic nitrogens is 1. The van der Waals surface area contributed by atoms with Gasteiger partial charge in [0.15, 0.2) is 0 Å². The number of benzene rings is 2. The molecular formula is C25H24ClN3O3. The minimum atomic E-state index is -0.519. The highest BCUT2D eigenvalue weighted by Gasteiger charge is 2.27. The molecule has 0 radical (unpaired) electrons. The Hall–Kier alpha value is -3.38. The SMILES string of the molecule is CCNC(=O)CC1N=C(c2ccc(Cl)cc2)c2cc(OC)ccc2-c2cn(C)c(=O)cc21. The van der Waals surface area contributed by atoms with E-state index in [2.05, 4.69) is 5.32 Å². The Bertz CT molecular complexity index is 1260. The van der Waals surface area contributed by atoms with Crippen molar-refractivity contribution in [3.8, 4) is 16.9 Å². The molecule has 1 aromatic heterocycles. The van der Waals surface area contributed by atoms with Crippen LogP contribution in [0.25, 0.3) is 11.1 Å². The zero-order valence-corrected chi connectivity index (χ0v) is 18.9. The molecule has 4 rings (SSSR count). The molecule has 1 atom stereocenters. The largest absolute Gasteiger partial charge is 0.497 e. The Morgan fingerprint density at radius 3 is 2.56 bits per heavy atom. The quantitative estimate of drug-likeness (QED) is 0.636. The van der Waals surface area contributed by atoms with Gasteiger partial charge in [0.05, 0.1) is 25.3 Å². The van der Waals surface area contributed by atoms with Crippen molar-refractivity contribution in [3.63, 3.8) is 0 Å². The molecule has 1 N–H and O–H groups in total. The molecule has 0 fully saturated rings. The number of nitrogens with zero attached hydrogens (tertiary/aromatic N) is 2. The fourth-order valence-electron chi connectivity index (χ4n) is 3.96. The van der Waals surface area contributed by atoms with Crippen molar-refractivity contribution >= 4 is 23.2 Å². The fourth-order valence-corrected chi connectivity index (χ4v) is 4.09. The number of methoxy groups -OCH3 is 1. The van der Waals surface area contributed by atoms with Crippen molar-refractivity contribution in [2.75, 3.05) is 13.7 Å². The van der Waals surface area contributed by atoms with Crippen LogP contribution in [0.2, 0.25) is 5.02 Å². The van der Waals surface area contributed by atoms with Crippen LogP contribution in [0.1, 0.15) is 36.1 Å². The molecule has 0 saturated carbocycles. The Balaban J connectivity index is 2.02. The smallest absolute Gasteiger partial charge is 0.250 e. The molecule has 0 aliphatic carbocycles. The Morgan fingerprint density at radius 2 is 1.88 bits per heavy atom. The van der Waals surface area contributed by atoms with Crippen LogP contribution in [0.3, 0.4) is 0 Å². The minimum Gasteiger partial charge on any atom is -0.497 e. The number of hydrogen-bond donors (Lipinski definition) is 1. The first-order chi connectivity index (χ1) is 15.4. The number of hydrogen-bond acceptors (Lipinski definition) is 4. The third-order valence-corrected chi connectivity index (χ3v) is 5.80. The second kappa shape index (κ2) is 9.01. The number of carbonyl (C=O) groups is 1. The number of carbonyl (C=O) groups excluding carboxylic acids is 1. The zero-order chi connectivity index (χ0) is 22.8. The van der Waals surface area contributed by atoms with Crippen LogP contribution in [0.4, 0.5) is 0 Å². The first-order valence-corrected chi connectivity index (χ1v) is 10.8. The van der Waals surface area contributed by atoms with Crippen molar-refractivity contribution < 1.29 is 9.53 Å². The summed E-state index contributed by atoms with van der Waals surface area (Å²) in [6.45, 7) is 2.40. The Kier molecular flexibility index (Phi) is 6.15. The van der Waals surface area contributed by atoms with Crippen LogP contribution in [0.5, 0.6) is 5.75 Å². The average molecular weight is 450 g/mol. The molecular weight excluding hydrogens is 426 g/mol. The lowest BCUT2D eigenvalue weighted by Gasteiger charge is -2.16. The topological polar surface area (TPSA) is 72.7 Å². The van der Waals surface area contributed by atoms with Gasteiger partial charge in [-0.3, -0.25) is 14.6 Å². The predicted octanol–water partition coefficient (Wildman–Crippen LogP) is 4.13. The van der Waals surface area contributed by atoms with Gasteiger partial charge in [-0.05, 0) is 48.4 Å². The van der Waals surface area contributed by atoms with Crippen LogP contribution in [-0.4, -0.2) is 29.8 Å². The van der Waals surface area contributed by atoms with Gasteiger partial charge in [-0.2, -0.15) is 0 Å². The highest BCUT2D eigenvalue weighted by Crippen LogP contribution is 2.39. The third-order valence-electron chi connectivity index (χ3n) is 5.55. The lowest BCUT2D eigenvalue weighted by Crippen LogP contribution is -2.25. The molecule has 164 valence electrons. The van der Waals surface area contributed by atoms with Crippen molar-refractivity contribution in [3.05, 3.63) is 86.8 Å². The molecule has 0 saturated heterocycles. The third kappa shape index (κ3) is 4.18. The van der Waals surface area contributed by atoms with Gasteiger partial charge in [0.1, 0.15) is 5.75 Å². The van der Waals surface area contributed by atoms with E-state index in [1.165, 1.54) is 0 Å². The van der Waals surface area contributed by atoms with E-state index in [9.17, 15) is 9.59 Å². The summed E-state index contributed by atoms with van der Waals surface area (Å²) < 4.78 is 7.03. The van der Waals surface area contributed by atoms with Crippen LogP contribution < -0.4 is 15.6 Å². The van der Waals surface area contributed by atoms with E-state index in [4.69, 9.17) is 21.3 Å². The molecule has 1 aliphatic rings. The number of pyridine rings is 1. The summed E-state index contributed by atoms with van der Waals surface area (Å²) in [5, 5.41) is 3.47. The van der Waals surface area contributed by atoms with E-state index in [0.717, 1.165) is 33.5 Å². The molecule has 2 heterocycles. The number of aliphatic imine (C=N–C) groups is 1. The standard InChI is InChI=1S/C25H24ClN3O3/c1-4-27-23(30)13-22-19-12-24(31)29(2)14-21(19)18-10-9-17(32-3)11-20(18)25(28-22)15-5-7-16(26)8-6-15/h5-12,14,22H,4,13H2,1-3H3,(H,27,30). The maximum atomic E-state index is 12.5. The number of amides is 1. The molecule has 2 aromatic carbocycles. The van der Waals surface area contributed by atoms with Gasteiger partial charge in [-0.15, -0.1) is 0 Å². The van der Waals surface area contributed by atoms with Crippen molar-refractivity contribution in [1.82, 2.24) is 9.88 Å². The van der Waals surface area contributed by atoms with E-state index in [0.29, 0.717) is 17.3 Å². The summed E-state index contributed by atoms with van der Waals surface area (Å²) in [6, 6.07) is 14.3. The van der Waals surface area contributed by atoms with Crippen molar-refractivity contribution in [2.24, 2.45) is 12.0 Å². The summed E-state index contributed by atoms with van der Waals surface area (Å²) in [4.78, 5) is 30.1. The first kappa shape index (κ1) is 21.8. The highest BCUT2D eigenvalue weighted by atomic mass is 35.5. The molecule has 1 unspecified atom stereocenters. The number of fused-ring (bicyclic) bond motifs is 3. The van der Waals surface area contributed by atoms with E-state index in [-0.39, 0.29) is 17.9 Å². The van der Waals surface area contributed by atoms with Gasteiger partial charge in [0, 0.05) is 47.6 Å². The first-order valence-electron chi connectivity index (χ1n) is 10.4. The lowest BCUT2D eigenvalue weighted by atomic mass is 9.91. The molecule has 6 nitrogen and oxygen atoms in total. The van der Waals surface area contributed by atoms with Crippen molar-refractivity contribution in [1.29, 1.82) is 0 Å². The number of ether oxygens (including phenoxy) is 1. The summed E-state index contributed by atoms with van der Waals surface area (Å²) in [6.07, 6.45) is 1.95. The molecule has 0 bridgehead atoms. The number of aryl methyl sites for hydroxylation is 1. The zero-order valence-electron chi connectivity index (χ0n) is 18.2. The molecule has 1 aliphatic heterocycles. The Morgan fingerprint density at radius 1 is 1.12 bits per heavy atom. The van der Waals surface area contributed by atoms with E-state index in [1.807, 2.05) is 55.6 Å². The Labute approximate surface area is 191 Å². The van der Waals surface area contributed by atoms with E-state index in [1.54, 1.807) is 24.8 Å². The second-order valence-electron chi connectivity index (χ2n) is 7.66. The molecule has 3 aromatic rings. The van der Waals surface area contributed by atoms with Gasteiger partial charge in [0.2, 0.25) is 5.91 Å². The molecule has 0 spiro atoms.